The van der Waals surface area contributed by atoms with E-state index in [2.05, 4.69) is 0 Å². The largest absolute Gasteiger partial charge is 0.300 e. The average Bonchev–Trinajstić information content (AvgIpc) is 1.94. The van der Waals surface area contributed by atoms with Crippen LogP contribution in [0.2, 0.25) is 0 Å². The van der Waals surface area contributed by atoms with E-state index in [0.29, 0.717) is 11.7 Å². The van der Waals surface area contributed by atoms with Gasteiger partial charge in [0.25, 0.3) is 0 Å². The van der Waals surface area contributed by atoms with Gasteiger partial charge in [-0.25, -0.2) is 0 Å². The molecule has 0 aromatic heterocycles. The molecule has 0 N–H and O–H groups in total. The second-order valence-corrected chi connectivity index (χ2v) is 3.52. The van der Waals surface area contributed by atoms with Crippen molar-refractivity contribution in [2.24, 2.45) is 5.92 Å². The highest BCUT2D eigenvalue weighted by Gasteiger charge is 2.16. The first-order chi connectivity index (χ1) is 5.54. The molecule has 0 amide bonds. The molecule has 1 unspecified atom stereocenters. The third-order valence-corrected chi connectivity index (χ3v) is 1.86. The molecule has 1 rings (SSSR count). The molecule has 12 heavy (non-hydrogen) atoms. The lowest BCUT2D eigenvalue weighted by Crippen LogP contribution is -2.14. The van der Waals surface area contributed by atoms with Crippen LogP contribution in [0.15, 0.2) is 0 Å². The minimum absolute atomic E-state index is 0.167. The Kier molecular flexibility index (Phi) is 5.60. The van der Waals surface area contributed by atoms with Gasteiger partial charge < -0.3 is 4.79 Å². The number of ketones is 2. The molecule has 0 bridgehead atoms. The van der Waals surface area contributed by atoms with Gasteiger partial charge in [0.2, 0.25) is 0 Å². The first kappa shape index (κ1) is 11.3. The lowest BCUT2D eigenvalue weighted by atomic mass is 9.90. The molecule has 0 aliphatic heterocycles. The predicted octanol–water partition coefficient (Wildman–Crippen LogP) is 2.36. The van der Waals surface area contributed by atoms with Gasteiger partial charge >= 0.3 is 0 Å². The van der Waals surface area contributed by atoms with Crippen LogP contribution in [-0.2, 0) is 9.59 Å². The van der Waals surface area contributed by atoms with Crippen molar-refractivity contribution in [2.45, 2.75) is 46.5 Å². The van der Waals surface area contributed by atoms with Crippen LogP contribution in [0, 0.1) is 5.92 Å². The number of carbonyl (C=O) groups excluding carboxylic acids is 2. The van der Waals surface area contributed by atoms with E-state index in [9.17, 15) is 9.59 Å². The van der Waals surface area contributed by atoms with Gasteiger partial charge in [-0.2, -0.15) is 0 Å². The summed E-state index contributed by atoms with van der Waals surface area (Å²) in [6.07, 6.45) is 4.34. The maximum absolute atomic E-state index is 10.8. The van der Waals surface area contributed by atoms with Gasteiger partial charge in [0.15, 0.2) is 0 Å². The van der Waals surface area contributed by atoms with E-state index in [1.54, 1.807) is 0 Å². The molecule has 0 saturated heterocycles. The Bertz CT molecular complexity index is 157. The molecule has 0 heterocycles. The fourth-order valence-electron chi connectivity index (χ4n) is 1.16. The van der Waals surface area contributed by atoms with Gasteiger partial charge in [-0.3, -0.25) is 4.79 Å². The highest BCUT2D eigenvalue weighted by atomic mass is 16.1. The second-order valence-electron chi connectivity index (χ2n) is 3.52. The van der Waals surface area contributed by atoms with Crippen LogP contribution in [-0.4, -0.2) is 11.6 Å². The predicted molar refractivity (Wildman–Crippen MR) is 49.0 cm³/mol. The SMILES string of the molecule is CC(C)=O.CC1CCCCC1=O. The number of rotatable bonds is 0. The molecule has 0 aromatic rings. The Balaban J connectivity index is 0.000000261. The molecule has 1 saturated carbocycles. The fraction of sp³-hybridized carbons (Fsp3) is 0.800. The van der Waals surface area contributed by atoms with E-state index < -0.39 is 0 Å². The summed E-state index contributed by atoms with van der Waals surface area (Å²) < 4.78 is 0. The van der Waals surface area contributed by atoms with Crippen molar-refractivity contribution < 1.29 is 9.59 Å². The van der Waals surface area contributed by atoms with E-state index in [1.165, 1.54) is 20.3 Å². The van der Waals surface area contributed by atoms with Crippen LogP contribution in [0.3, 0.4) is 0 Å². The highest BCUT2D eigenvalue weighted by Crippen LogP contribution is 2.18. The van der Waals surface area contributed by atoms with Crippen LogP contribution < -0.4 is 0 Å². The second kappa shape index (κ2) is 5.92. The van der Waals surface area contributed by atoms with Crippen molar-refractivity contribution in [3.63, 3.8) is 0 Å². The average molecular weight is 170 g/mol. The summed E-state index contributed by atoms with van der Waals surface area (Å²) in [7, 11) is 0. The van der Waals surface area contributed by atoms with Crippen molar-refractivity contribution in [3.05, 3.63) is 0 Å². The summed E-state index contributed by atoms with van der Waals surface area (Å²) in [6.45, 7) is 5.08. The smallest absolute Gasteiger partial charge is 0.135 e. The Hall–Kier alpha value is -0.660. The number of hydrogen-bond acceptors (Lipinski definition) is 2. The molecule has 70 valence electrons. The van der Waals surface area contributed by atoms with Gasteiger partial charge in [-0.05, 0) is 26.7 Å². The maximum atomic E-state index is 10.8. The minimum Gasteiger partial charge on any atom is -0.300 e. The van der Waals surface area contributed by atoms with Gasteiger partial charge in [0.05, 0.1) is 0 Å². The molecule has 1 aliphatic rings. The number of hydrogen-bond donors (Lipinski definition) is 0. The lowest BCUT2D eigenvalue weighted by Gasteiger charge is -2.14. The summed E-state index contributed by atoms with van der Waals surface area (Å²) in [5.74, 6) is 1.00. The van der Waals surface area contributed by atoms with Gasteiger partial charge in [-0.15, -0.1) is 0 Å². The lowest BCUT2D eigenvalue weighted by molar-refractivity contribution is -0.124. The van der Waals surface area contributed by atoms with Crippen molar-refractivity contribution in [1.82, 2.24) is 0 Å². The van der Waals surface area contributed by atoms with Gasteiger partial charge in [0, 0.05) is 12.3 Å². The van der Waals surface area contributed by atoms with E-state index in [4.69, 9.17) is 0 Å². The number of carbonyl (C=O) groups is 2. The molecule has 1 aliphatic carbocycles. The summed E-state index contributed by atoms with van der Waals surface area (Å²) in [6, 6.07) is 0. The maximum Gasteiger partial charge on any atom is 0.135 e. The molecule has 0 spiro atoms. The zero-order valence-corrected chi connectivity index (χ0v) is 8.22. The van der Waals surface area contributed by atoms with Crippen LogP contribution in [0.1, 0.15) is 46.5 Å². The zero-order chi connectivity index (χ0) is 9.56. The monoisotopic (exact) mass is 170 g/mol. The molecular weight excluding hydrogens is 152 g/mol. The van der Waals surface area contributed by atoms with Crippen LogP contribution in [0.4, 0.5) is 0 Å². The molecule has 2 nitrogen and oxygen atoms in total. The van der Waals surface area contributed by atoms with Crippen molar-refractivity contribution >= 4 is 11.6 Å². The normalized spacial score (nSPS) is 22.6. The topological polar surface area (TPSA) is 34.1 Å². The Morgan fingerprint density at radius 2 is 1.83 bits per heavy atom. The molecule has 0 radical (unpaired) electrons. The third kappa shape index (κ3) is 6.08. The van der Waals surface area contributed by atoms with E-state index >= 15 is 0 Å². The molecule has 1 fully saturated rings. The van der Waals surface area contributed by atoms with Gasteiger partial charge in [0.1, 0.15) is 11.6 Å². The summed E-state index contributed by atoms with van der Waals surface area (Å²) >= 11 is 0. The van der Waals surface area contributed by atoms with Crippen molar-refractivity contribution in [1.29, 1.82) is 0 Å². The summed E-state index contributed by atoms with van der Waals surface area (Å²) in [5.41, 5.74) is 0. The molecule has 1 atom stereocenters. The molecular formula is C10H18O2. The zero-order valence-electron chi connectivity index (χ0n) is 8.22. The fourth-order valence-corrected chi connectivity index (χ4v) is 1.16. The van der Waals surface area contributed by atoms with E-state index in [-0.39, 0.29) is 5.78 Å². The third-order valence-electron chi connectivity index (χ3n) is 1.86. The Morgan fingerprint density at radius 1 is 1.33 bits per heavy atom. The Labute approximate surface area is 74.3 Å². The molecule has 2 heteroatoms. The molecule has 0 aromatic carbocycles. The van der Waals surface area contributed by atoms with E-state index in [0.717, 1.165) is 19.3 Å². The van der Waals surface area contributed by atoms with Gasteiger partial charge in [-0.1, -0.05) is 13.3 Å². The first-order valence-electron chi connectivity index (χ1n) is 4.54. The minimum atomic E-state index is 0.167. The van der Waals surface area contributed by atoms with E-state index in [1.807, 2.05) is 6.92 Å². The summed E-state index contributed by atoms with van der Waals surface area (Å²) in [5, 5.41) is 0. The summed E-state index contributed by atoms with van der Waals surface area (Å²) in [4.78, 5) is 20.2. The Morgan fingerprint density at radius 3 is 2.08 bits per heavy atom. The van der Waals surface area contributed by atoms with Crippen LogP contribution >= 0.6 is 0 Å². The number of Topliss-reactive ketones (excluding diaryl/α,β-unsaturated/α-hetero) is 2. The highest BCUT2D eigenvalue weighted by molar-refractivity contribution is 5.81. The quantitative estimate of drug-likeness (QED) is 0.559. The van der Waals surface area contributed by atoms with Crippen molar-refractivity contribution in [3.8, 4) is 0 Å². The first-order valence-corrected chi connectivity index (χ1v) is 4.54. The standard InChI is InChI=1S/C7H12O.C3H6O/c1-6-4-2-3-5-7(6)8;1-3(2)4/h6H,2-5H2,1H3;1-2H3. The van der Waals surface area contributed by atoms with Crippen molar-refractivity contribution in [2.75, 3.05) is 0 Å². The van der Waals surface area contributed by atoms with Crippen LogP contribution in [0.25, 0.3) is 0 Å². The van der Waals surface area contributed by atoms with Crippen LogP contribution in [0.5, 0.6) is 0 Å².